The zero-order valence-electron chi connectivity index (χ0n) is 13.3. The van der Waals surface area contributed by atoms with Crippen molar-refractivity contribution in [1.82, 2.24) is 0 Å². The lowest BCUT2D eigenvalue weighted by Gasteiger charge is -2.28. The van der Waals surface area contributed by atoms with Gasteiger partial charge in [-0.05, 0) is 31.2 Å². The number of carbonyl (C=O) groups is 1. The Kier molecular flexibility index (Phi) is 5.64. The number of amides is 1. The molecule has 0 fully saturated rings. The Labute approximate surface area is 149 Å². The number of halogens is 3. The van der Waals surface area contributed by atoms with Crippen LogP contribution in [0, 0.1) is 11.6 Å². The first-order valence-corrected chi connectivity index (χ1v) is 9.33. The third-order valence-electron chi connectivity index (χ3n) is 3.38. The van der Waals surface area contributed by atoms with Crippen molar-refractivity contribution in [3.05, 3.63) is 59.1 Å². The maximum Gasteiger partial charge on any atom is 0.248 e. The van der Waals surface area contributed by atoms with E-state index in [9.17, 15) is 22.0 Å². The highest BCUT2D eigenvalue weighted by atomic mass is 35.5. The molecule has 1 amide bonds. The van der Waals surface area contributed by atoms with Crippen LogP contribution in [0.5, 0.6) is 0 Å². The molecule has 2 rings (SSSR count). The summed E-state index contributed by atoms with van der Waals surface area (Å²) >= 11 is 5.96. The van der Waals surface area contributed by atoms with Gasteiger partial charge in [0, 0.05) is 6.07 Å². The lowest BCUT2D eigenvalue weighted by molar-refractivity contribution is -0.116. The van der Waals surface area contributed by atoms with Crippen LogP contribution in [0.4, 0.5) is 20.2 Å². The summed E-state index contributed by atoms with van der Waals surface area (Å²) in [6.45, 7) is 1.33. The topological polar surface area (TPSA) is 66.5 Å². The Bertz CT molecular complexity index is 906. The van der Waals surface area contributed by atoms with Crippen molar-refractivity contribution >= 4 is 38.9 Å². The van der Waals surface area contributed by atoms with Crippen LogP contribution in [0.3, 0.4) is 0 Å². The first kappa shape index (κ1) is 19.1. The van der Waals surface area contributed by atoms with E-state index in [0.717, 1.165) is 24.5 Å². The predicted molar refractivity (Wildman–Crippen MR) is 93.2 cm³/mol. The molecular weight excluding hydrogens is 374 g/mol. The van der Waals surface area contributed by atoms with E-state index in [1.165, 1.54) is 6.92 Å². The number of carbonyl (C=O) groups excluding carboxylic acids is 1. The second-order valence-electron chi connectivity index (χ2n) is 5.30. The number of anilines is 2. The molecule has 2 aromatic rings. The Balaban J connectivity index is 2.36. The van der Waals surface area contributed by atoms with Gasteiger partial charge in [0.25, 0.3) is 0 Å². The van der Waals surface area contributed by atoms with Crippen LogP contribution < -0.4 is 9.62 Å². The van der Waals surface area contributed by atoms with E-state index in [0.29, 0.717) is 9.99 Å². The van der Waals surface area contributed by atoms with Gasteiger partial charge in [-0.25, -0.2) is 17.2 Å². The zero-order chi connectivity index (χ0) is 18.8. The van der Waals surface area contributed by atoms with Crippen molar-refractivity contribution in [3.63, 3.8) is 0 Å². The maximum atomic E-state index is 13.5. The quantitative estimate of drug-likeness (QED) is 0.853. The molecule has 0 saturated carbocycles. The number of benzene rings is 2. The molecule has 0 aliphatic carbocycles. The lowest BCUT2D eigenvalue weighted by atomic mass is 10.2. The average Bonchev–Trinajstić information content (AvgIpc) is 2.51. The Morgan fingerprint density at radius 2 is 1.80 bits per heavy atom. The van der Waals surface area contributed by atoms with Crippen molar-refractivity contribution in [1.29, 1.82) is 0 Å². The van der Waals surface area contributed by atoms with Crippen molar-refractivity contribution in [3.8, 4) is 0 Å². The second-order valence-corrected chi connectivity index (χ2v) is 7.57. The van der Waals surface area contributed by atoms with E-state index in [1.807, 2.05) is 0 Å². The van der Waals surface area contributed by atoms with Crippen LogP contribution >= 0.6 is 11.6 Å². The summed E-state index contributed by atoms with van der Waals surface area (Å²) in [5.41, 5.74) is 0.142. The Morgan fingerprint density at radius 1 is 1.16 bits per heavy atom. The van der Waals surface area contributed by atoms with E-state index in [-0.39, 0.29) is 10.7 Å². The molecule has 25 heavy (non-hydrogen) atoms. The molecule has 0 radical (unpaired) electrons. The monoisotopic (exact) mass is 388 g/mol. The average molecular weight is 389 g/mol. The van der Waals surface area contributed by atoms with Crippen LogP contribution in [-0.2, 0) is 14.8 Å². The summed E-state index contributed by atoms with van der Waals surface area (Å²) in [6.07, 6.45) is 0.869. The molecule has 0 aliphatic heterocycles. The van der Waals surface area contributed by atoms with Gasteiger partial charge in [-0.15, -0.1) is 0 Å². The maximum absolute atomic E-state index is 13.5. The van der Waals surface area contributed by atoms with E-state index in [2.05, 4.69) is 5.32 Å². The van der Waals surface area contributed by atoms with Gasteiger partial charge in [0.1, 0.15) is 6.04 Å². The number of hydrogen-bond acceptors (Lipinski definition) is 3. The van der Waals surface area contributed by atoms with Crippen molar-refractivity contribution in [2.24, 2.45) is 0 Å². The standard InChI is InChI=1S/C16H15ClF2N2O3S/c1-10(16(22)20-15-6-4-3-5-12(15)17)21(25(2,23)24)11-7-8-13(18)14(19)9-11/h3-10H,1-2H3,(H,20,22)/t10-/m0/s1. The molecule has 0 saturated heterocycles. The van der Waals surface area contributed by atoms with E-state index in [1.54, 1.807) is 24.3 Å². The van der Waals surface area contributed by atoms with Crippen molar-refractivity contribution in [2.75, 3.05) is 15.9 Å². The van der Waals surface area contributed by atoms with Gasteiger partial charge in [-0.3, -0.25) is 9.10 Å². The number of rotatable bonds is 5. The third-order valence-corrected chi connectivity index (χ3v) is 4.95. The van der Waals surface area contributed by atoms with Gasteiger partial charge in [0.2, 0.25) is 15.9 Å². The van der Waals surface area contributed by atoms with Gasteiger partial charge in [-0.1, -0.05) is 23.7 Å². The van der Waals surface area contributed by atoms with Crippen molar-refractivity contribution in [2.45, 2.75) is 13.0 Å². The molecule has 134 valence electrons. The largest absolute Gasteiger partial charge is 0.323 e. The fraction of sp³-hybridized carbons (Fsp3) is 0.188. The number of sulfonamides is 1. The summed E-state index contributed by atoms with van der Waals surface area (Å²) in [7, 11) is -3.94. The molecule has 1 N–H and O–H groups in total. The molecular formula is C16H15ClF2N2O3S. The molecule has 0 bridgehead atoms. The molecule has 0 aromatic heterocycles. The second kappa shape index (κ2) is 7.37. The van der Waals surface area contributed by atoms with Crippen LogP contribution in [-0.4, -0.2) is 26.6 Å². The number of para-hydroxylation sites is 1. The van der Waals surface area contributed by atoms with Gasteiger partial charge in [0.15, 0.2) is 11.6 Å². The fourth-order valence-corrected chi connectivity index (χ4v) is 3.58. The smallest absolute Gasteiger partial charge is 0.248 e. The highest BCUT2D eigenvalue weighted by molar-refractivity contribution is 7.92. The molecule has 0 heterocycles. The SMILES string of the molecule is C[C@@H](C(=O)Nc1ccccc1Cl)N(c1ccc(F)c(F)c1)S(C)(=O)=O. The molecule has 9 heteroatoms. The number of hydrogen-bond donors (Lipinski definition) is 1. The molecule has 0 unspecified atom stereocenters. The summed E-state index contributed by atoms with van der Waals surface area (Å²) in [5.74, 6) is -3.02. The summed E-state index contributed by atoms with van der Waals surface area (Å²) in [5, 5.41) is 2.79. The molecule has 5 nitrogen and oxygen atoms in total. The van der Waals surface area contributed by atoms with E-state index >= 15 is 0 Å². The molecule has 0 spiro atoms. The number of nitrogens with one attached hydrogen (secondary N) is 1. The van der Waals surface area contributed by atoms with Crippen LogP contribution in [0.2, 0.25) is 5.02 Å². The highest BCUT2D eigenvalue weighted by Crippen LogP contribution is 2.25. The van der Waals surface area contributed by atoms with Crippen LogP contribution in [0.25, 0.3) is 0 Å². The normalized spacial score (nSPS) is 12.5. The zero-order valence-corrected chi connectivity index (χ0v) is 14.9. The van der Waals surface area contributed by atoms with E-state index in [4.69, 9.17) is 11.6 Å². The van der Waals surface area contributed by atoms with Gasteiger partial charge >= 0.3 is 0 Å². The molecule has 0 aliphatic rings. The minimum atomic E-state index is -3.94. The first-order chi connectivity index (χ1) is 11.6. The summed E-state index contributed by atoms with van der Waals surface area (Å²) < 4.78 is 51.5. The summed E-state index contributed by atoms with van der Waals surface area (Å²) in [4.78, 5) is 12.4. The molecule has 1 atom stereocenters. The van der Waals surface area contributed by atoms with Gasteiger partial charge < -0.3 is 5.32 Å². The Hall–Kier alpha value is -2.19. The highest BCUT2D eigenvalue weighted by Gasteiger charge is 2.30. The van der Waals surface area contributed by atoms with E-state index < -0.39 is 33.6 Å². The predicted octanol–water partition coefficient (Wildman–Crippen LogP) is 3.41. The van der Waals surface area contributed by atoms with Crippen LogP contribution in [0.1, 0.15) is 6.92 Å². The lowest BCUT2D eigenvalue weighted by Crippen LogP contribution is -2.45. The fourth-order valence-electron chi connectivity index (χ4n) is 2.23. The molecule has 2 aromatic carbocycles. The third kappa shape index (κ3) is 4.46. The van der Waals surface area contributed by atoms with Crippen molar-refractivity contribution < 1.29 is 22.0 Å². The first-order valence-electron chi connectivity index (χ1n) is 7.11. The van der Waals surface area contributed by atoms with Gasteiger partial charge in [-0.2, -0.15) is 0 Å². The minimum Gasteiger partial charge on any atom is -0.323 e. The van der Waals surface area contributed by atoms with Gasteiger partial charge in [0.05, 0.1) is 22.7 Å². The number of nitrogens with zero attached hydrogens (tertiary/aromatic N) is 1. The van der Waals surface area contributed by atoms with Crippen LogP contribution in [0.15, 0.2) is 42.5 Å². The summed E-state index contributed by atoms with van der Waals surface area (Å²) in [6, 6.07) is 7.80. The Morgan fingerprint density at radius 3 is 2.36 bits per heavy atom. The minimum absolute atomic E-state index is 0.164.